The lowest BCUT2D eigenvalue weighted by molar-refractivity contribution is 0.370. The minimum Gasteiger partial charge on any atom is -0.399 e. The molecule has 3 unspecified atom stereocenters. The molecule has 0 spiro atoms. The van der Waals surface area contributed by atoms with E-state index in [1.165, 1.54) is 5.70 Å². The van der Waals surface area contributed by atoms with Crippen molar-refractivity contribution < 1.29 is 0 Å². The summed E-state index contributed by atoms with van der Waals surface area (Å²) in [6, 6.07) is 22.9. The number of nitrogens with two attached hydrogens (primary N) is 1. The van der Waals surface area contributed by atoms with Gasteiger partial charge in [-0.3, -0.25) is 0 Å². The molecule has 0 bridgehead atoms. The Kier molecular flexibility index (Phi) is 7.50. The smallest absolute Gasteiger partial charge is 0.0623 e. The Hall–Kier alpha value is -4.12. The first-order valence-corrected chi connectivity index (χ1v) is 13.2. The van der Waals surface area contributed by atoms with Crippen LogP contribution in [0, 0.1) is 11.8 Å². The number of rotatable bonds is 8. The molecule has 3 atom stereocenters. The van der Waals surface area contributed by atoms with Crippen molar-refractivity contribution in [2.24, 2.45) is 11.8 Å². The maximum absolute atomic E-state index is 6.33. The molecular weight excluding hydrogens is 454 g/mol. The molecule has 3 aromatic rings. The first-order valence-electron chi connectivity index (χ1n) is 13.2. The summed E-state index contributed by atoms with van der Waals surface area (Å²) >= 11 is 0. The number of nitrogen functional groups attached to an aromatic ring is 1. The normalized spacial score (nSPS) is 20.7. The van der Waals surface area contributed by atoms with Crippen LogP contribution in [0.15, 0.2) is 103 Å². The maximum atomic E-state index is 6.33. The minimum atomic E-state index is 0.278. The molecule has 5 rings (SSSR count). The summed E-state index contributed by atoms with van der Waals surface area (Å²) in [6.07, 6.45) is 14.1. The van der Waals surface area contributed by atoms with Gasteiger partial charge in [-0.2, -0.15) is 0 Å². The molecule has 5 nitrogen and oxygen atoms in total. The Morgan fingerprint density at radius 3 is 1.95 bits per heavy atom. The van der Waals surface area contributed by atoms with E-state index in [0.717, 1.165) is 59.3 Å². The molecule has 3 aromatic carbocycles. The molecule has 0 radical (unpaired) electrons. The van der Waals surface area contributed by atoms with Crippen molar-refractivity contribution in [3.05, 3.63) is 103 Å². The van der Waals surface area contributed by atoms with Crippen LogP contribution < -0.4 is 27.0 Å². The summed E-state index contributed by atoms with van der Waals surface area (Å²) in [5, 5.41) is 14.5. The second kappa shape index (κ2) is 11.3. The minimum absolute atomic E-state index is 0.278. The van der Waals surface area contributed by atoms with Gasteiger partial charge in [-0.25, -0.2) is 0 Å². The van der Waals surface area contributed by atoms with E-state index in [1.54, 1.807) is 0 Å². The zero-order valence-corrected chi connectivity index (χ0v) is 21.7. The van der Waals surface area contributed by atoms with Crippen molar-refractivity contribution in [3.8, 4) is 0 Å². The van der Waals surface area contributed by atoms with Crippen LogP contribution in [0.2, 0.25) is 0 Å². The van der Waals surface area contributed by atoms with Gasteiger partial charge in [0.25, 0.3) is 0 Å². The lowest BCUT2D eigenvalue weighted by Gasteiger charge is -2.27. The van der Waals surface area contributed by atoms with Crippen LogP contribution in [-0.4, -0.2) is 6.04 Å². The first kappa shape index (κ1) is 24.6. The molecule has 190 valence electrons. The van der Waals surface area contributed by atoms with Gasteiger partial charge in [0.2, 0.25) is 0 Å². The van der Waals surface area contributed by atoms with Crippen LogP contribution in [0.25, 0.3) is 0 Å². The molecule has 0 heterocycles. The Bertz CT molecular complexity index is 1320. The summed E-state index contributed by atoms with van der Waals surface area (Å²) in [4.78, 5) is 0. The number of benzene rings is 3. The second-order valence-corrected chi connectivity index (χ2v) is 10.2. The molecule has 6 N–H and O–H groups in total. The van der Waals surface area contributed by atoms with Crippen LogP contribution in [0.5, 0.6) is 0 Å². The van der Waals surface area contributed by atoms with Crippen molar-refractivity contribution in [1.29, 1.82) is 0 Å². The summed E-state index contributed by atoms with van der Waals surface area (Å²) in [6.45, 7) is 4.67. The monoisotopic (exact) mass is 491 g/mol. The Morgan fingerprint density at radius 2 is 1.32 bits per heavy atom. The van der Waals surface area contributed by atoms with Crippen LogP contribution >= 0.6 is 0 Å². The lowest BCUT2D eigenvalue weighted by atomic mass is 9.84. The van der Waals surface area contributed by atoms with Gasteiger partial charge < -0.3 is 27.0 Å². The van der Waals surface area contributed by atoms with Gasteiger partial charge in [0.15, 0.2) is 0 Å². The number of nitrogens with one attached hydrogen (secondary N) is 4. The van der Waals surface area contributed by atoms with Gasteiger partial charge in [0.05, 0.1) is 22.7 Å². The van der Waals surface area contributed by atoms with E-state index in [9.17, 15) is 0 Å². The van der Waals surface area contributed by atoms with Crippen LogP contribution in [0.3, 0.4) is 0 Å². The van der Waals surface area contributed by atoms with Crippen molar-refractivity contribution >= 4 is 39.8 Å². The van der Waals surface area contributed by atoms with Gasteiger partial charge in [-0.05, 0) is 73.6 Å². The van der Waals surface area contributed by atoms with Gasteiger partial charge in [-0.15, -0.1) is 0 Å². The van der Waals surface area contributed by atoms with Gasteiger partial charge in [0.1, 0.15) is 0 Å². The van der Waals surface area contributed by atoms with E-state index in [-0.39, 0.29) is 6.04 Å². The van der Waals surface area contributed by atoms with E-state index in [1.807, 2.05) is 18.2 Å². The molecule has 2 aliphatic carbocycles. The third-order valence-electron chi connectivity index (χ3n) is 7.23. The molecule has 0 amide bonds. The molecule has 37 heavy (non-hydrogen) atoms. The highest BCUT2D eigenvalue weighted by Crippen LogP contribution is 2.34. The predicted octanol–water partition coefficient (Wildman–Crippen LogP) is 8.41. The fourth-order valence-electron chi connectivity index (χ4n) is 4.88. The highest BCUT2D eigenvalue weighted by molar-refractivity contribution is 5.81. The maximum Gasteiger partial charge on any atom is 0.0623 e. The quantitative estimate of drug-likeness (QED) is 0.205. The third-order valence-corrected chi connectivity index (χ3v) is 7.23. The zero-order chi connectivity index (χ0) is 25.6. The molecule has 2 aliphatic rings. The molecule has 0 aromatic heterocycles. The van der Waals surface area contributed by atoms with E-state index >= 15 is 0 Å². The predicted molar refractivity (Wildman–Crippen MR) is 160 cm³/mol. The van der Waals surface area contributed by atoms with E-state index in [4.69, 9.17) is 5.73 Å². The number of hydrogen-bond donors (Lipinski definition) is 5. The highest BCUT2D eigenvalue weighted by atomic mass is 15.0. The van der Waals surface area contributed by atoms with Crippen LogP contribution in [-0.2, 0) is 0 Å². The second-order valence-electron chi connectivity index (χ2n) is 10.2. The topological polar surface area (TPSA) is 74.1 Å². The lowest BCUT2D eigenvalue weighted by Crippen LogP contribution is -2.17. The summed E-state index contributed by atoms with van der Waals surface area (Å²) in [5.41, 5.74) is 14.3. The third kappa shape index (κ3) is 6.36. The van der Waals surface area contributed by atoms with Crippen molar-refractivity contribution in [3.63, 3.8) is 0 Å². The summed E-state index contributed by atoms with van der Waals surface area (Å²) in [5.74, 6) is 1.41. The SMILES string of the molecule is CC1CC=C(Nc2ccccc2Nc2cc(N)cc(Nc3ccccc3NC3C=CC=CC3)c2)CC1C. The van der Waals surface area contributed by atoms with Gasteiger partial charge in [0, 0.05) is 28.8 Å². The Balaban J connectivity index is 1.33. The molecular formula is C32H37N5. The summed E-state index contributed by atoms with van der Waals surface area (Å²) < 4.78 is 0. The zero-order valence-electron chi connectivity index (χ0n) is 21.7. The average molecular weight is 492 g/mol. The largest absolute Gasteiger partial charge is 0.399 e. The number of allylic oxidation sites excluding steroid dienone is 4. The Labute approximate surface area is 220 Å². The van der Waals surface area contributed by atoms with Crippen molar-refractivity contribution in [2.45, 2.75) is 39.2 Å². The van der Waals surface area contributed by atoms with Crippen LogP contribution in [0.4, 0.5) is 39.8 Å². The van der Waals surface area contributed by atoms with Crippen LogP contribution in [0.1, 0.15) is 33.1 Å². The fraction of sp³-hybridized carbons (Fsp3) is 0.250. The van der Waals surface area contributed by atoms with Gasteiger partial charge >= 0.3 is 0 Å². The van der Waals surface area contributed by atoms with Crippen molar-refractivity contribution in [1.82, 2.24) is 0 Å². The van der Waals surface area contributed by atoms with Gasteiger partial charge in [-0.1, -0.05) is 68.5 Å². The standard InChI is InChI=1S/C32H37N5/c1-22-16-17-26(18-23(22)2)35-30-13-7-9-15-32(30)37-28-20-24(33)19-27(21-28)36-31-14-8-6-12-29(31)34-25-10-4-3-5-11-25/h3-10,12-15,17,19-23,25,34-37H,11,16,18,33H2,1-2H3. The highest BCUT2D eigenvalue weighted by Gasteiger charge is 2.19. The van der Waals surface area contributed by atoms with E-state index in [0.29, 0.717) is 11.6 Å². The van der Waals surface area contributed by atoms with E-state index in [2.05, 4.69) is 114 Å². The molecule has 5 heteroatoms. The molecule has 0 saturated heterocycles. The molecule has 0 aliphatic heterocycles. The van der Waals surface area contributed by atoms with Crippen molar-refractivity contribution in [2.75, 3.05) is 27.0 Å². The number of anilines is 7. The number of hydrogen-bond acceptors (Lipinski definition) is 5. The Morgan fingerprint density at radius 1 is 0.703 bits per heavy atom. The average Bonchev–Trinajstić information content (AvgIpc) is 2.89. The first-order chi connectivity index (χ1) is 18.0. The molecule has 0 saturated carbocycles. The number of para-hydroxylation sites is 4. The fourth-order valence-corrected chi connectivity index (χ4v) is 4.88. The molecule has 0 fully saturated rings. The van der Waals surface area contributed by atoms with E-state index < -0.39 is 0 Å². The summed E-state index contributed by atoms with van der Waals surface area (Å²) in [7, 11) is 0.